The Labute approximate surface area is 128 Å². The van der Waals surface area contributed by atoms with E-state index >= 15 is 0 Å². The fraction of sp³-hybridized carbons (Fsp3) is 0.692. The van der Waals surface area contributed by atoms with E-state index < -0.39 is 0 Å². The summed E-state index contributed by atoms with van der Waals surface area (Å²) in [6, 6.07) is 2.63. The predicted molar refractivity (Wildman–Crippen MR) is 85.7 cm³/mol. The van der Waals surface area contributed by atoms with E-state index in [1.54, 1.807) is 11.3 Å². The fourth-order valence-corrected chi connectivity index (χ4v) is 3.70. The fourth-order valence-electron chi connectivity index (χ4n) is 1.96. The lowest BCUT2D eigenvalue weighted by molar-refractivity contribution is 0.305. The summed E-state index contributed by atoms with van der Waals surface area (Å²) in [5, 5.41) is 3.63. The van der Waals surface area contributed by atoms with Crippen LogP contribution in [0.5, 0.6) is 0 Å². The van der Waals surface area contributed by atoms with Crippen molar-refractivity contribution >= 4 is 38.9 Å². The number of nitrogens with one attached hydrogen (secondary N) is 1. The molecule has 0 saturated heterocycles. The molecule has 1 atom stereocenters. The molecule has 1 rings (SSSR count). The van der Waals surface area contributed by atoms with Gasteiger partial charge in [0.1, 0.15) is 4.34 Å². The third-order valence-electron chi connectivity index (χ3n) is 2.60. The van der Waals surface area contributed by atoms with Crippen LogP contribution in [0, 0.1) is 5.92 Å². The van der Waals surface area contributed by atoms with Gasteiger partial charge >= 0.3 is 0 Å². The van der Waals surface area contributed by atoms with Gasteiger partial charge in [-0.1, -0.05) is 25.4 Å². The van der Waals surface area contributed by atoms with Gasteiger partial charge in [0, 0.05) is 28.5 Å². The molecule has 104 valence electrons. The quantitative estimate of drug-likeness (QED) is 0.789. The molecule has 0 spiro atoms. The molecule has 18 heavy (non-hydrogen) atoms. The van der Waals surface area contributed by atoms with E-state index in [1.807, 2.05) is 0 Å². The summed E-state index contributed by atoms with van der Waals surface area (Å²) in [5.41, 5.74) is 0. The summed E-state index contributed by atoms with van der Waals surface area (Å²) in [5.74, 6) is 0.709. The van der Waals surface area contributed by atoms with E-state index in [0.29, 0.717) is 12.0 Å². The molecule has 1 N–H and O–H groups in total. The van der Waals surface area contributed by atoms with Crippen LogP contribution < -0.4 is 5.32 Å². The summed E-state index contributed by atoms with van der Waals surface area (Å²) < 4.78 is 1.83. The zero-order valence-corrected chi connectivity index (χ0v) is 14.6. The molecular weight excluding hydrogens is 332 g/mol. The normalized spacial score (nSPS) is 13.6. The van der Waals surface area contributed by atoms with Gasteiger partial charge < -0.3 is 10.2 Å². The summed E-state index contributed by atoms with van der Waals surface area (Å²) >= 11 is 11.1. The third-order valence-corrected chi connectivity index (χ3v) is 5.08. The van der Waals surface area contributed by atoms with Crippen LogP contribution in [-0.2, 0) is 6.54 Å². The van der Waals surface area contributed by atoms with Gasteiger partial charge in [0.05, 0.1) is 0 Å². The Bertz CT molecular complexity index is 336. The Kier molecular flexibility index (Phi) is 7.17. The van der Waals surface area contributed by atoms with Crippen LogP contribution in [0.1, 0.15) is 25.1 Å². The summed E-state index contributed by atoms with van der Waals surface area (Å²) in [6.07, 6.45) is 1.19. The van der Waals surface area contributed by atoms with Crippen molar-refractivity contribution in [3.8, 4) is 0 Å². The Balaban J connectivity index is 2.50. The SMILES string of the molecule is CC(C)CC(CN(C)C)NCc1cc(Br)c(Cl)s1. The molecule has 0 bridgehead atoms. The Morgan fingerprint density at radius 2 is 2.11 bits per heavy atom. The van der Waals surface area contributed by atoms with Gasteiger partial charge in [-0.15, -0.1) is 11.3 Å². The summed E-state index contributed by atoms with van der Waals surface area (Å²) in [6.45, 7) is 6.49. The van der Waals surface area contributed by atoms with Crippen LogP contribution in [0.3, 0.4) is 0 Å². The molecule has 0 aliphatic heterocycles. The van der Waals surface area contributed by atoms with Gasteiger partial charge in [0.15, 0.2) is 0 Å². The lowest BCUT2D eigenvalue weighted by atomic mass is 10.0. The van der Waals surface area contributed by atoms with Crippen molar-refractivity contribution in [2.75, 3.05) is 20.6 Å². The Hall–Kier alpha value is 0.390. The van der Waals surface area contributed by atoms with Crippen LogP contribution in [0.25, 0.3) is 0 Å². The van der Waals surface area contributed by atoms with E-state index in [9.17, 15) is 0 Å². The predicted octanol–water partition coefficient (Wildman–Crippen LogP) is 4.23. The molecule has 0 aromatic carbocycles. The minimum atomic E-state index is 0.527. The third kappa shape index (κ3) is 6.02. The largest absolute Gasteiger partial charge is 0.308 e. The van der Waals surface area contributed by atoms with E-state index in [2.05, 4.69) is 60.2 Å². The molecule has 0 aliphatic rings. The molecule has 1 aromatic heterocycles. The summed E-state index contributed by atoms with van der Waals surface area (Å²) in [4.78, 5) is 3.51. The number of likely N-dealkylation sites (N-methyl/N-ethyl adjacent to an activating group) is 1. The molecule has 0 saturated carbocycles. The van der Waals surface area contributed by atoms with E-state index in [1.165, 1.54) is 11.3 Å². The number of thiophene rings is 1. The maximum Gasteiger partial charge on any atom is 0.107 e. The molecule has 1 aromatic rings. The average Bonchev–Trinajstić information content (AvgIpc) is 2.53. The van der Waals surface area contributed by atoms with Gasteiger partial charge in [-0.05, 0) is 48.4 Å². The van der Waals surface area contributed by atoms with Crippen molar-refractivity contribution in [1.82, 2.24) is 10.2 Å². The molecule has 0 radical (unpaired) electrons. The van der Waals surface area contributed by atoms with Gasteiger partial charge in [0.25, 0.3) is 0 Å². The molecule has 5 heteroatoms. The highest BCUT2D eigenvalue weighted by molar-refractivity contribution is 9.10. The van der Waals surface area contributed by atoms with Crippen molar-refractivity contribution in [3.63, 3.8) is 0 Å². The monoisotopic (exact) mass is 352 g/mol. The lowest BCUT2D eigenvalue weighted by Crippen LogP contribution is -2.38. The minimum absolute atomic E-state index is 0.527. The van der Waals surface area contributed by atoms with Gasteiger partial charge in [0.2, 0.25) is 0 Å². The highest BCUT2D eigenvalue weighted by Gasteiger charge is 2.12. The van der Waals surface area contributed by atoms with Crippen molar-refractivity contribution in [2.45, 2.75) is 32.9 Å². The zero-order valence-electron chi connectivity index (χ0n) is 11.5. The number of hydrogen-bond donors (Lipinski definition) is 1. The maximum absolute atomic E-state index is 6.05. The van der Waals surface area contributed by atoms with Crippen molar-refractivity contribution < 1.29 is 0 Å². The van der Waals surface area contributed by atoms with Gasteiger partial charge in [-0.25, -0.2) is 0 Å². The first-order valence-corrected chi connectivity index (χ1v) is 8.19. The number of halogens is 2. The van der Waals surface area contributed by atoms with Crippen molar-refractivity contribution in [2.24, 2.45) is 5.92 Å². The number of rotatable bonds is 7. The second kappa shape index (κ2) is 7.85. The van der Waals surface area contributed by atoms with Crippen LogP contribution in [0.2, 0.25) is 4.34 Å². The second-order valence-electron chi connectivity index (χ2n) is 5.30. The number of hydrogen-bond acceptors (Lipinski definition) is 3. The first-order chi connectivity index (χ1) is 8.38. The standard InChI is InChI=1S/C13H22BrClN2S/c1-9(2)5-10(8-17(3)4)16-7-11-6-12(14)13(15)18-11/h6,9-10,16H,5,7-8H2,1-4H3. The van der Waals surface area contributed by atoms with Crippen molar-refractivity contribution in [1.29, 1.82) is 0 Å². The first-order valence-electron chi connectivity index (χ1n) is 6.20. The van der Waals surface area contributed by atoms with Crippen molar-refractivity contribution in [3.05, 3.63) is 19.8 Å². The van der Waals surface area contributed by atoms with Crippen LogP contribution in [0.15, 0.2) is 10.5 Å². The topological polar surface area (TPSA) is 15.3 Å². The molecule has 1 unspecified atom stereocenters. The second-order valence-corrected chi connectivity index (χ2v) is 7.90. The minimum Gasteiger partial charge on any atom is -0.308 e. The zero-order chi connectivity index (χ0) is 13.7. The lowest BCUT2D eigenvalue weighted by Gasteiger charge is -2.23. The Morgan fingerprint density at radius 1 is 1.44 bits per heavy atom. The Morgan fingerprint density at radius 3 is 2.56 bits per heavy atom. The maximum atomic E-state index is 6.05. The van der Waals surface area contributed by atoms with Gasteiger partial charge in [-0.3, -0.25) is 0 Å². The first kappa shape index (κ1) is 16.4. The van der Waals surface area contributed by atoms with E-state index in [-0.39, 0.29) is 0 Å². The molecule has 1 heterocycles. The molecule has 0 amide bonds. The van der Waals surface area contributed by atoms with Gasteiger partial charge in [-0.2, -0.15) is 0 Å². The highest BCUT2D eigenvalue weighted by atomic mass is 79.9. The van der Waals surface area contributed by atoms with Crippen LogP contribution >= 0.6 is 38.9 Å². The van der Waals surface area contributed by atoms with E-state index in [4.69, 9.17) is 11.6 Å². The molecule has 0 fully saturated rings. The highest BCUT2D eigenvalue weighted by Crippen LogP contribution is 2.31. The average molecular weight is 354 g/mol. The molecule has 2 nitrogen and oxygen atoms in total. The van der Waals surface area contributed by atoms with Crippen LogP contribution in [0.4, 0.5) is 0 Å². The number of nitrogens with zero attached hydrogens (tertiary/aromatic N) is 1. The molecule has 0 aliphatic carbocycles. The molecular formula is C13H22BrClN2S. The summed E-state index contributed by atoms with van der Waals surface area (Å²) in [7, 11) is 4.24. The van der Waals surface area contributed by atoms with E-state index in [0.717, 1.165) is 21.9 Å². The van der Waals surface area contributed by atoms with Crippen LogP contribution in [-0.4, -0.2) is 31.6 Å². The smallest absolute Gasteiger partial charge is 0.107 e.